The summed E-state index contributed by atoms with van der Waals surface area (Å²) >= 11 is 0. The van der Waals surface area contributed by atoms with E-state index in [-0.39, 0.29) is 22.2 Å². The Morgan fingerprint density at radius 2 is 1.96 bits per heavy atom. The maximum Gasteiger partial charge on any atom is 0.362 e. The molecule has 0 atom stereocenters. The fourth-order valence-electron chi connectivity index (χ4n) is 2.06. The summed E-state index contributed by atoms with van der Waals surface area (Å²) < 4.78 is 29.5. The number of carboxylic acid groups (broad SMARTS) is 1. The molecular formula is C17H12N4O5S. The Morgan fingerprint density at radius 3 is 2.63 bits per heavy atom. The van der Waals surface area contributed by atoms with Crippen molar-refractivity contribution in [1.29, 1.82) is 0 Å². The van der Waals surface area contributed by atoms with Gasteiger partial charge < -0.3 is 9.84 Å². The van der Waals surface area contributed by atoms with Crippen LogP contribution in [0.2, 0.25) is 0 Å². The molecule has 0 bridgehead atoms. The normalized spacial score (nSPS) is 10.7. The first kappa shape index (κ1) is 18.1. The van der Waals surface area contributed by atoms with E-state index in [0.29, 0.717) is 5.56 Å². The lowest BCUT2D eigenvalue weighted by atomic mass is 10.2. The number of aromatic carboxylic acids is 1. The highest BCUT2D eigenvalue weighted by atomic mass is 32.2. The SMILES string of the molecule is CS(=O)(=O)c1cc(Oc2[nH]nnc2C(=O)O)cnc1C#Cc1ccccc1. The third-order valence-corrected chi connectivity index (χ3v) is 4.38. The number of rotatable bonds is 4. The van der Waals surface area contributed by atoms with E-state index in [4.69, 9.17) is 9.84 Å². The van der Waals surface area contributed by atoms with Crippen molar-refractivity contribution < 1.29 is 23.1 Å². The largest absolute Gasteiger partial charge is 0.476 e. The molecule has 0 fully saturated rings. The van der Waals surface area contributed by atoms with Gasteiger partial charge in [0.25, 0.3) is 5.88 Å². The van der Waals surface area contributed by atoms with Gasteiger partial charge in [0, 0.05) is 17.9 Å². The van der Waals surface area contributed by atoms with Gasteiger partial charge in [-0.2, -0.15) is 0 Å². The molecule has 0 spiro atoms. The zero-order chi connectivity index (χ0) is 19.4. The summed E-state index contributed by atoms with van der Waals surface area (Å²) in [6.07, 6.45) is 2.25. The zero-order valence-electron chi connectivity index (χ0n) is 13.9. The first-order valence-electron chi connectivity index (χ1n) is 7.44. The van der Waals surface area contributed by atoms with Gasteiger partial charge in [0.2, 0.25) is 5.69 Å². The highest BCUT2D eigenvalue weighted by molar-refractivity contribution is 7.90. The number of aromatic nitrogens is 4. The van der Waals surface area contributed by atoms with Crippen LogP contribution >= 0.6 is 0 Å². The van der Waals surface area contributed by atoms with Crippen LogP contribution in [0.25, 0.3) is 0 Å². The Kier molecular flexibility index (Phi) is 4.87. The van der Waals surface area contributed by atoms with Crippen LogP contribution in [-0.2, 0) is 9.84 Å². The van der Waals surface area contributed by atoms with Crippen LogP contribution < -0.4 is 4.74 Å². The van der Waals surface area contributed by atoms with Crippen LogP contribution in [0.15, 0.2) is 47.5 Å². The van der Waals surface area contributed by atoms with Gasteiger partial charge in [-0.15, -0.1) is 5.10 Å². The van der Waals surface area contributed by atoms with E-state index >= 15 is 0 Å². The summed E-state index contributed by atoms with van der Waals surface area (Å²) in [5.41, 5.74) is 0.312. The molecule has 0 aliphatic rings. The molecule has 0 aliphatic heterocycles. The first-order chi connectivity index (χ1) is 12.8. The summed E-state index contributed by atoms with van der Waals surface area (Å²) in [6, 6.07) is 10.2. The number of ether oxygens (including phenoxy) is 1. The van der Waals surface area contributed by atoms with Crippen molar-refractivity contribution in [2.24, 2.45) is 0 Å². The number of pyridine rings is 1. The molecule has 3 aromatic rings. The molecule has 0 saturated carbocycles. The Labute approximate surface area is 154 Å². The molecule has 0 aliphatic carbocycles. The van der Waals surface area contributed by atoms with E-state index in [9.17, 15) is 13.2 Å². The zero-order valence-corrected chi connectivity index (χ0v) is 14.7. The third-order valence-electron chi connectivity index (χ3n) is 3.27. The van der Waals surface area contributed by atoms with Crippen LogP contribution in [0.1, 0.15) is 21.7 Å². The molecule has 2 heterocycles. The monoisotopic (exact) mass is 384 g/mol. The Morgan fingerprint density at radius 1 is 1.22 bits per heavy atom. The summed E-state index contributed by atoms with van der Waals surface area (Å²) in [5, 5.41) is 18.0. The molecule has 27 heavy (non-hydrogen) atoms. The maximum absolute atomic E-state index is 12.1. The second-order valence-electron chi connectivity index (χ2n) is 5.30. The second kappa shape index (κ2) is 7.27. The molecule has 0 unspecified atom stereocenters. The van der Waals surface area contributed by atoms with E-state index in [1.807, 2.05) is 18.2 Å². The minimum atomic E-state index is -3.67. The number of hydrogen-bond acceptors (Lipinski definition) is 7. The molecule has 2 N–H and O–H groups in total. The van der Waals surface area contributed by atoms with Crippen LogP contribution in [0, 0.1) is 11.8 Å². The van der Waals surface area contributed by atoms with Crippen molar-refractivity contribution in [2.45, 2.75) is 4.90 Å². The highest BCUT2D eigenvalue weighted by Crippen LogP contribution is 2.25. The Hall–Kier alpha value is -3.71. The van der Waals surface area contributed by atoms with Gasteiger partial charge in [0.1, 0.15) is 16.3 Å². The third kappa shape index (κ3) is 4.28. The fourth-order valence-corrected chi connectivity index (χ4v) is 2.84. The van der Waals surface area contributed by atoms with E-state index in [0.717, 1.165) is 6.26 Å². The quantitative estimate of drug-likeness (QED) is 0.646. The topological polar surface area (TPSA) is 135 Å². The standard InChI is InChI=1S/C17H12N4O5S/c1-27(24,25)14-9-12(26-16-15(17(22)23)19-21-20-16)10-18-13(14)8-7-11-5-3-2-4-6-11/h2-6,9-10H,1H3,(H,22,23)(H,19,20,21). The Bertz CT molecular complexity index is 1160. The van der Waals surface area contributed by atoms with E-state index < -0.39 is 21.5 Å². The van der Waals surface area contributed by atoms with Crippen molar-refractivity contribution in [3.05, 3.63) is 59.5 Å². The van der Waals surface area contributed by atoms with Crippen molar-refractivity contribution in [3.8, 4) is 23.5 Å². The molecule has 0 radical (unpaired) electrons. The fraction of sp³-hybridized carbons (Fsp3) is 0.0588. The first-order valence-corrected chi connectivity index (χ1v) is 9.33. The number of carbonyl (C=O) groups is 1. The van der Waals surface area contributed by atoms with Gasteiger partial charge in [-0.1, -0.05) is 29.3 Å². The van der Waals surface area contributed by atoms with Crippen molar-refractivity contribution >= 4 is 15.8 Å². The average molecular weight is 384 g/mol. The number of hydrogen-bond donors (Lipinski definition) is 2. The van der Waals surface area contributed by atoms with Crippen LogP contribution in [0.4, 0.5) is 0 Å². The predicted octanol–water partition coefficient (Wildman–Crippen LogP) is 1.49. The molecular weight excluding hydrogens is 372 g/mol. The molecule has 3 rings (SSSR count). The van der Waals surface area contributed by atoms with Gasteiger partial charge in [-0.25, -0.2) is 23.3 Å². The van der Waals surface area contributed by atoms with Gasteiger partial charge in [-0.05, 0) is 18.1 Å². The number of H-pyrrole nitrogens is 1. The lowest BCUT2D eigenvalue weighted by Gasteiger charge is -2.06. The van der Waals surface area contributed by atoms with Gasteiger partial charge >= 0.3 is 5.97 Å². The minimum Gasteiger partial charge on any atom is -0.476 e. The van der Waals surface area contributed by atoms with E-state index in [2.05, 4.69) is 32.2 Å². The van der Waals surface area contributed by atoms with Crippen LogP contribution in [0.3, 0.4) is 0 Å². The number of benzene rings is 1. The lowest BCUT2D eigenvalue weighted by Crippen LogP contribution is -2.04. The van der Waals surface area contributed by atoms with Crippen molar-refractivity contribution in [2.75, 3.05) is 6.26 Å². The lowest BCUT2D eigenvalue weighted by molar-refractivity contribution is 0.0687. The number of sulfone groups is 1. The smallest absolute Gasteiger partial charge is 0.362 e. The summed E-state index contributed by atoms with van der Waals surface area (Å²) in [7, 11) is -3.67. The Balaban J connectivity index is 1.99. The summed E-state index contributed by atoms with van der Waals surface area (Å²) in [6.45, 7) is 0. The highest BCUT2D eigenvalue weighted by Gasteiger charge is 2.19. The second-order valence-corrected chi connectivity index (χ2v) is 7.29. The van der Waals surface area contributed by atoms with Gasteiger partial charge in [0.05, 0.1) is 6.20 Å². The molecule has 9 nitrogen and oxygen atoms in total. The van der Waals surface area contributed by atoms with Gasteiger partial charge in [0.15, 0.2) is 9.84 Å². The van der Waals surface area contributed by atoms with Crippen LogP contribution in [-0.4, -0.2) is 46.1 Å². The van der Waals surface area contributed by atoms with Crippen molar-refractivity contribution in [3.63, 3.8) is 0 Å². The van der Waals surface area contributed by atoms with Crippen LogP contribution in [0.5, 0.6) is 11.6 Å². The molecule has 0 amide bonds. The maximum atomic E-state index is 12.1. The minimum absolute atomic E-state index is 0.00534. The molecule has 2 aromatic heterocycles. The van der Waals surface area contributed by atoms with Gasteiger partial charge in [-0.3, -0.25) is 0 Å². The van der Waals surface area contributed by atoms with Crippen molar-refractivity contribution in [1.82, 2.24) is 20.4 Å². The number of nitrogens with one attached hydrogen (secondary N) is 1. The molecule has 136 valence electrons. The predicted molar refractivity (Wildman–Crippen MR) is 93.2 cm³/mol. The number of nitrogens with zero attached hydrogens (tertiary/aromatic N) is 3. The van der Waals surface area contributed by atoms with E-state index in [1.165, 1.54) is 12.3 Å². The number of carboxylic acids is 1. The summed E-state index contributed by atoms with van der Waals surface area (Å²) in [4.78, 5) is 14.9. The van der Waals surface area contributed by atoms with E-state index in [1.54, 1.807) is 12.1 Å². The molecule has 0 saturated heterocycles. The molecule has 1 aromatic carbocycles. The molecule has 10 heteroatoms. The average Bonchev–Trinajstić information content (AvgIpc) is 3.09. The number of aromatic amines is 1. The summed E-state index contributed by atoms with van der Waals surface area (Å²) in [5.74, 6) is 3.97.